The van der Waals surface area contributed by atoms with Gasteiger partial charge >= 0.3 is 0 Å². The van der Waals surface area contributed by atoms with Gasteiger partial charge in [-0.05, 0) is 63.2 Å². The summed E-state index contributed by atoms with van der Waals surface area (Å²) < 4.78 is 1.94. The zero-order valence-corrected chi connectivity index (χ0v) is 13.8. The van der Waals surface area contributed by atoms with Crippen molar-refractivity contribution < 1.29 is 0 Å². The average Bonchev–Trinajstić information content (AvgIpc) is 2.81. The van der Waals surface area contributed by atoms with E-state index < -0.39 is 0 Å². The number of benzene rings is 1. The lowest BCUT2D eigenvalue weighted by Crippen LogP contribution is -2.28. The topological polar surface area (TPSA) is 41.9 Å². The molecule has 5 heteroatoms. The van der Waals surface area contributed by atoms with Crippen molar-refractivity contribution in [1.29, 1.82) is 0 Å². The molecular formula is C16H22N4S. The molecule has 0 unspecified atom stereocenters. The molecule has 0 amide bonds. The Labute approximate surface area is 131 Å². The van der Waals surface area contributed by atoms with E-state index >= 15 is 0 Å². The molecule has 0 atom stereocenters. The summed E-state index contributed by atoms with van der Waals surface area (Å²) in [6, 6.07) is 6.23. The van der Waals surface area contributed by atoms with Crippen molar-refractivity contribution in [2.45, 2.75) is 40.8 Å². The lowest BCUT2D eigenvalue weighted by atomic mass is 10.1. The van der Waals surface area contributed by atoms with Gasteiger partial charge in [-0.3, -0.25) is 4.68 Å². The Morgan fingerprint density at radius 1 is 1.24 bits per heavy atom. The molecule has 2 N–H and O–H groups in total. The van der Waals surface area contributed by atoms with Gasteiger partial charge in [0.1, 0.15) is 0 Å². The van der Waals surface area contributed by atoms with Crippen LogP contribution < -0.4 is 10.6 Å². The van der Waals surface area contributed by atoms with Gasteiger partial charge in [0.2, 0.25) is 0 Å². The third kappa shape index (κ3) is 4.04. The molecule has 0 bridgehead atoms. The van der Waals surface area contributed by atoms with Gasteiger partial charge in [0.25, 0.3) is 0 Å². The van der Waals surface area contributed by atoms with Gasteiger partial charge in [-0.2, -0.15) is 5.10 Å². The second-order valence-electron chi connectivity index (χ2n) is 5.20. The van der Waals surface area contributed by atoms with Crippen molar-refractivity contribution in [3.05, 3.63) is 46.8 Å². The Hall–Kier alpha value is -1.88. The molecule has 21 heavy (non-hydrogen) atoms. The first-order valence-corrected chi connectivity index (χ1v) is 7.55. The minimum Gasteiger partial charge on any atom is -0.358 e. The van der Waals surface area contributed by atoms with E-state index in [-0.39, 0.29) is 0 Å². The summed E-state index contributed by atoms with van der Waals surface area (Å²) >= 11 is 5.34. The highest BCUT2D eigenvalue weighted by molar-refractivity contribution is 7.80. The lowest BCUT2D eigenvalue weighted by Gasteiger charge is -2.11. The summed E-state index contributed by atoms with van der Waals surface area (Å²) in [7, 11) is 0. The fraction of sp³-hybridized carbons (Fsp3) is 0.375. The molecule has 1 aromatic carbocycles. The quantitative estimate of drug-likeness (QED) is 0.850. The molecule has 0 aliphatic carbocycles. The van der Waals surface area contributed by atoms with E-state index in [0.717, 1.165) is 17.9 Å². The third-order valence-electron chi connectivity index (χ3n) is 3.58. The number of hydrogen-bond donors (Lipinski definition) is 2. The predicted octanol–water partition coefficient (Wildman–Crippen LogP) is 3.31. The van der Waals surface area contributed by atoms with Crippen LogP contribution in [0, 0.1) is 20.8 Å². The molecule has 2 aromatic rings. The first kappa shape index (κ1) is 15.5. The number of nitrogens with one attached hydrogen (secondary N) is 2. The van der Waals surface area contributed by atoms with Crippen LogP contribution in [-0.4, -0.2) is 14.9 Å². The Morgan fingerprint density at radius 3 is 2.62 bits per heavy atom. The molecule has 0 saturated heterocycles. The van der Waals surface area contributed by atoms with Crippen LogP contribution in [0.3, 0.4) is 0 Å². The van der Waals surface area contributed by atoms with Gasteiger partial charge in [-0.15, -0.1) is 0 Å². The Bertz CT molecular complexity index is 646. The number of hydrogen-bond acceptors (Lipinski definition) is 2. The number of nitrogens with zero attached hydrogens (tertiary/aromatic N) is 2. The predicted molar refractivity (Wildman–Crippen MR) is 91.6 cm³/mol. The zero-order chi connectivity index (χ0) is 15.4. The molecule has 2 rings (SSSR count). The van der Waals surface area contributed by atoms with Gasteiger partial charge in [0, 0.05) is 30.5 Å². The maximum Gasteiger partial charge on any atom is 0.171 e. The molecule has 0 spiro atoms. The van der Waals surface area contributed by atoms with Crippen LogP contribution >= 0.6 is 12.2 Å². The highest BCUT2D eigenvalue weighted by Gasteiger charge is 2.05. The first-order valence-electron chi connectivity index (χ1n) is 7.14. The number of rotatable bonds is 4. The van der Waals surface area contributed by atoms with Crippen molar-refractivity contribution in [3.63, 3.8) is 0 Å². The summed E-state index contributed by atoms with van der Waals surface area (Å²) in [6.07, 6.45) is 2.06. The minimum atomic E-state index is 0.627. The van der Waals surface area contributed by atoms with Gasteiger partial charge in [0.15, 0.2) is 5.11 Å². The Morgan fingerprint density at radius 2 is 2.00 bits per heavy atom. The van der Waals surface area contributed by atoms with E-state index in [2.05, 4.69) is 54.8 Å². The van der Waals surface area contributed by atoms with E-state index in [1.807, 2.05) is 17.7 Å². The molecular weight excluding hydrogens is 280 g/mol. The van der Waals surface area contributed by atoms with Crippen LogP contribution in [0.1, 0.15) is 29.3 Å². The van der Waals surface area contributed by atoms with Crippen LogP contribution in [0.5, 0.6) is 0 Å². The van der Waals surface area contributed by atoms with Gasteiger partial charge in [-0.1, -0.05) is 6.07 Å². The molecule has 0 aliphatic heterocycles. The largest absolute Gasteiger partial charge is 0.358 e. The molecule has 4 nitrogen and oxygen atoms in total. The number of thiocarbonyl (C=S) groups is 1. The van der Waals surface area contributed by atoms with Crippen LogP contribution in [0.2, 0.25) is 0 Å². The highest BCUT2D eigenvalue weighted by atomic mass is 32.1. The summed E-state index contributed by atoms with van der Waals surface area (Å²) in [6.45, 7) is 9.86. The normalized spacial score (nSPS) is 10.5. The van der Waals surface area contributed by atoms with Crippen molar-refractivity contribution in [2.24, 2.45) is 0 Å². The van der Waals surface area contributed by atoms with Crippen LogP contribution in [0.4, 0.5) is 5.69 Å². The monoisotopic (exact) mass is 302 g/mol. The summed E-state index contributed by atoms with van der Waals surface area (Å²) in [5.41, 5.74) is 5.75. The van der Waals surface area contributed by atoms with Crippen molar-refractivity contribution in [2.75, 3.05) is 5.32 Å². The fourth-order valence-electron chi connectivity index (χ4n) is 2.06. The van der Waals surface area contributed by atoms with Crippen LogP contribution in [0.25, 0.3) is 0 Å². The summed E-state index contributed by atoms with van der Waals surface area (Å²) in [5, 5.41) is 11.5. The Kier molecular flexibility index (Phi) is 4.96. The molecule has 1 aromatic heterocycles. The van der Waals surface area contributed by atoms with E-state index in [1.54, 1.807) is 0 Å². The highest BCUT2D eigenvalue weighted by Crippen LogP contribution is 2.14. The molecule has 0 aliphatic rings. The number of aryl methyl sites for hydroxylation is 4. The number of aromatic nitrogens is 2. The minimum absolute atomic E-state index is 0.627. The standard InChI is InChI=1S/C16H22N4S/c1-5-20-10-14(13(4)19-20)9-17-16(21)18-15-7-6-11(2)12(3)8-15/h6-8,10H,5,9H2,1-4H3,(H2,17,18,21). The van der Waals surface area contributed by atoms with Crippen molar-refractivity contribution in [1.82, 2.24) is 15.1 Å². The lowest BCUT2D eigenvalue weighted by molar-refractivity contribution is 0.653. The van der Waals surface area contributed by atoms with E-state index in [4.69, 9.17) is 12.2 Å². The molecule has 0 radical (unpaired) electrons. The molecule has 1 heterocycles. The zero-order valence-electron chi connectivity index (χ0n) is 13.0. The van der Waals surface area contributed by atoms with Crippen LogP contribution in [-0.2, 0) is 13.1 Å². The van der Waals surface area contributed by atoms with Gasteiger partial charge in [0.05, 0.1) is 5.69 Å². The summed E-state index contributed by atoms with van der Waals surface area (Å²) in [4.78, 5) is 0. The van der Waals surface area contributed by atoms with Crippen LogP contribution in [0.15, 0.2) is 24.4 Å². The second-order valence-corrected chi connectivity index (χ2v) is 5.61. The summed E-state index contributed by atoms with van der Waals surface area (Å²) in [5.74, 6) is 0. The van der Waals surface area contributed by atoms with Gasteiger partial charge < -0.3 is 10.6 Å². The maximum atomic E-state index is 5.34. The second kappa shape index (κ2) is 6.72. The molecule has 0 saturated carbocycles. The smallest absolute Gasteiger partial charge is 0.171 e. The Balaban J connectivity index is 1.92. The average molecular weight is 302 g/mol. The van der Waals surface area contributed by atoms with E-state index in [0.29, 0.717) is 11.7 Å². The number of anilines is 1. The van der Waals surface area contributed by atoms with Crippen molar-refractivity contribution in [3.8, 4) is 0 Å². The van der Waals surface area contributed by atoms with E-state index in [9.17, 15) is 0 Å². The van der Waals surface area contributed by atoms with Crippen molar-refractivity contribution >= 4 is 23.0 Å². The maximum absolute atomic E-state index is 5.34. The first-order chi connectivity index (χ1) is 9.99. The molecule has 0 fully saturated rings. The SMILES string of the molecule is CCn1cc(CNC(=S)Nc2ccc(C)c(C)c2)c(C)n1. The fourth-order valence-corrected chi connectivity index (χ4v) is 2.25. The van der Waals surface area contributed by atoms with Gasteiger partial charge in [-0.25, -0.2) is 0 Å². The van der Waals surface area contributed by atoms with E-state index in [1.165, 1.54) is 16.7 Å². The molecule has 112 valence electrons. The third-order valence-corrected chi connectivity index (χ3v) is 3.82.